The van der Waals surface area contributed by atoms with Gasteiger partial charge in [0.2, 0.25) is 0 Å². The molecule has 4 N–H and O–H groups in total. The summed E-state index contributed by atoms with van der Waals surface area (Å²) in [6, 6.07) is 15.0. The fourth-order valence-corrected chi connectivity index (χ4v) is 2.36. The lowest BCUT2D eigenvalue weighted by atomic mass is 10.1. The van der Waals surface area contributed by atoms with Crippen LogP contribution in [0.4, 0.5) is 4.79 Å². The second-order valence-corrected chi connectivity index (χ2v) is 5.33. The first-order valence-electron chi connectivity index (χ1n) is 7.62. The number of carboxylic acid groups (broad SMARTS) is 1. The summed E-state index contributed by atoms with van der Waals surface area (Å²) in [6.07, 6.45) is 3.17. The van der Waals surface area contributed by atoms with Crippen molar-refractivity contribution in [1.29, 1.82) is 0 Å². The van der Waals surface area contributed by atoms with Gasteiger partial charge in [0.1, 0.15) is 5.69 Å². The van der Waals surface area contributed by atoms with Gasteiger partial charge in [-0.1, -0.05) is 30.3 Å². The molecule has 130 valence electrons. The molecule has 0 aliphatic rings. The number of benzene rings is 2. The molecule has 0 saturated heterocycles. The highest BCUT2D eigenvalue weighted by molar-refractivity contribution is 5.90. The van der Waals surface area contributed by atoms with Gasteiger partial charge in [-0.15, -0.1) is 0 Å². The van der Waals surface area contributed by atoms with E-state index < -0.39 is 12.0 Å². The Labute approximate surface area is 148 Å². The molecule has 0 bridgehead atoms. The molecule has 0 unspecified atom stereocenters. The van der Waals surface area contributed by atoms with Gasteiger partial charge in [0.15, 0.2) is 0 Å². The molecule has 3 rings (SSSR count). The first-order chi connectivity index (χ1) is 12.5. The maximum atomic E-state index is 11.0. The van der Waals surface area contributed by atoms with Crippen LogP contribution >= 0.6 is 0 Å². The van der Waals surface area contributed by atoms with Gasteiger partial charge in [-0.25, -0.2) is 19.7 Å². The first kappa shape index (κ1) is 16.9. The van der Waals surface area contributed by atoms with E-state index >= 15 is 0 Å². The molecule has 1 heterocycles. The van der Waals surface area contributed by atoms with Gasteiger partial charge in [-0.2, -0.15) is 10.2 Å². The van der Waals surface area contributed by atoms with E-state index in [-0.39, 0.29) is 5.56 Å². The molecule has 0 spiro atoms. The number of rotatable bonds is 5. The molecule has 0 saturated carbocycles. The molecular weight excluding hydrogens is 334 g/mol. The Morgan fingerprint density at radius 1 is 1.12 bits per heavy atom. The van der Waals surface area contributed by atoms with Crippen molar-refractivity contribution in [2.75, 3.05) is 0 Å². The van der Waals surface area contributed by atoms with Crippen molar-refractivity contribution in [3.05, 3.63) is 71.9 Å². The number of carbonyl (C=O) groups is 2. The van der Waals surface area contributed by atoms with Gasteiger partial charge in [-0.3, -0.25) is 0 Å². The van der Waals surface area contributed by atoms with E-state index in [1.807, 2.05) is 30.3 Å². The predicted octanol–water partition coefficient (Wildman–Crippen LogP) is 2.24. The van der Waals surface area contributed by atoms with E-state index in [4.69, 9.17) is 10.8 Å². The molecule has 0 fully saturated rings. The molecule has 1 aromatic heterocycles. The molecule has 3 aromatic rings. The van der Waals surface area contributed by atoms with E-state index in [0.29, 0.717) is 16.9 Å². The summed E-state index contributed by atoms with van der Waals surface area (Å²) in [5, 5.41) is 17.3. The minimum Gasteiger partial charge on any atom is -0.478 e. The average molecular weight is 349 g/mol. The number of hydrogen-bond donors (Lipinski definition) is 3. The number of amides is 2. The van der Waals surface area contributed by atoms with Crippen molar-refractivity contribution in [1.82, 2.24) is 15.2 Å². The molecule has 0 atom stereocenters. The van der Waals surface area contributed by atoms with Crippen molar-refractivity contribution >= 4 is 18.2 Å². The topological polar surface area (TPSA) is 123 Å². The van der Waals surface area contributed by atoms with Gasteiger partial charge in [-0.05, 0) is 24.3 Å². The van der Waals surface area contributed by atoms with Crippen LogP contribution in [-0.4, -0.2) is 33.1 Å². The number of nitrogens with zero attached hydrogens (tertiary/aromatic N) is 3. The molecule has 2 aromatic carbocycles. The van der Waals surface area contributed by atoms with Crippen LogP contribution in [0.2, 0.25) is 0 Å². The van der Waals surface area contributed by atoms with Crippen LogP contribution in [0.5, 0.6) is 0 Å². The lowest BCUT2D eigenvalue weighted by Crippen LogP contribution is -2.24. The Balaban J connectivity index is 2.01. The maximum Gasteiger partial charge on any atom is 0.335 e. The Morgan fingerprint density at radius 3 is 2.42 bits per heavy atom. The summed E-state index contributed by atoms with van der Waals surface area (Å²) in [7, 11) is 0. The van der Waals surface area contributed by atoms with E-state index in [9.17, 15) is 9.59 Å². The number of aromatic nitrogens is 2. The smallest absolute Gasteiger partial charge is 0.335 e. The first-order valence-corrected chi connectivity index (χ1v) is 7.62. The third kappa shape index (κ3) is 3.75. The number of aromatic carboxylic acids is 1. The zero-order chi connectivity index (χ0) is 18.5. The summed E-state index contributed by atoms with van der Waals surface area (Å²) in [5.41, 5.74) is 10.2. The van der Waals surface area contributed by atoms with Crippen LogP contribution in [-0.2, 0) is 0 Å². The average Bonchev–Trinajstić information content (AvgIpc) is 3.06. The Bertz CT molecular complexity index is 962. The number of carbonyl (C=O) groups excluding carboxylic acids is 1. The summed E-state index contributed by atoms with van der Waals surface area (Å²) in [4.78, 5) is 21.8. The van der Waals surface area contributed by atoms with Crippen LogP contribution < -0.4 is 11.2 Å². The Morgan fingerprint density at radius 2 is 1.81 bits per heavy atom. The molecule has 0 aliphatic carbocycles. The van der Waals surface area contributed by atoms with Crippen molar-refractivity contribution in [2.24, 2.45) is 10.8 Å². The fraction of sp³-hybridized carbons (Fsp3) is 0. The number of nitrogens with two attached hydrogens (primary N) is 1. The van der Waals surface area contributed by atoms with Crippen molar-refractivity contribution in [3.8, 4) is 16.9 Å². The van der Waals surface area contributed by atoms with E-state index in [1.165, 1.54) is 18.3 Å². The molecular formula is C18H15N5O3. The van der Waals surface area contributed by atoms with Gasteiger partial charge < -0.3 is 10.8 Å². The summed E-state index contributed by atoms with van der Waals surface area (Å²) >= 11 is 0. The van der Waals surface area contributed by atoms with E-state index in [2.05, 4.69) is 15.6 Å². The van der Waals surface area contributed by atoms with Crippen LogP contribution in [0.3, 0.4) is 0 Å². The van der Waals surface area contributed by atoms with Crippen LogP contribution in [0, 0.1) is 0 Å². The standard InChI is InChI=1S/C18H15N5O3/c19-18(26)21-20-10-14-11-23(15-8-6-13(7-9-15)17(24)25)22-16(14)12-4-2-1-3-5-12/h1-11H,(H,24,25)(H3,19,21,26)/b20-10+. The van der Waals surface area contributed by atoms with Gasteiger partial charge in [0.05, 0.1) is 17.5 Å². The van der Waals surface area contributed by atoms with Crippen molar-refractivity contribution in [3.63, 3.8) is 0 Å². The van der Waals surface area contributed by atoms with Crippen LogP contribution in [0.1, 0.15) is 15.9 Å². The predicted molar refractivity (Wildman–Crippen MR) is 96.3 cm³/mol. The number of primary amides is 1. The molecule has 26 heavy (non-hydrogen) atoms. The Hall–Kier alpha value is -3.94. The van der Waals surface area contributed by atoms with Gasteiger partial charge in [0.25, 0.3) is 0 Å². The van der Waals surface area contributed by atoms with E-state index in [0.717, 1.165) is 5.56 Å². The third-order valence-corrected chi connectivity index (χ3v) is 3.55. The molecule has 0 radical (unpaired) electrons. The number of nitrogens with one attached hydrogen (secondary N) is 1. The quantitative estimate of drug-likeness (QED) is 0.483. The third-order valence-electron chi connectivity index (χ3n) is 3.55. The summed E-state index contributed by atoms with van der Waals surface area (Å²) < 4.78 is 1.61. The zero-order valence-electron chi connectivity index (χ0n) is 13.5. The van der Waals surface area contributed by atoms with E-state index in [1.54, 1.807) is 23.0 Å². The lowest BCUT2D eigenvalue weighted by Gasteiger charge is -2.02. The fourth-order valence-electron chi connectivity index (χ4n) is 2.36. The molecule has 8 nitrogen and oxygen atoms in total. The summed E-state index contributed by atoms with van der Waals surface area (Å²) in [5.74, 6) is -0.993. The second kappa shape index (κ2) is 7.31. The number of urea groups is 1. The molecule has 8 heteroatoms. The molecule has 2 amide bonds. The number of carboxylic acids is 1. The lowest BCUT2D eigenvalue weighted by molar-refractivity contribution is 0.0697. The Kier molecular flexibility index (Phi) is 4.75. The normalized spacial score (nSPS) is 10.8. The summed E-state index contributed by atoms with van der Waals surface area (Å²) in [6.45, 7) is 0. The van der Waals surface area contributed by atoms with Gasteiger partial charge in [0, 0.05) is 17.3 Å². The number of hydrogen-bond acceptors (Lipinski definition) is 4. The largest absolute Gasteiger partial charge is 0.478 e. The van der Waals surface area contributed by atoms with Gasteiger partial charge >= 0.3 is 12.0 Å². The minimum atomic E-state index is -0.993. The maximum absolute atomic E-state index is 11.0. The second-order valence-electron chi connectivity index (χ2n) is 5.33. The highest BCUT2D eigenvalue weighted by Gasteiger charge is 2.11. The molecule has 0 aliphatic heterocycles. The minimum absolute atomic E-state index is 0.191. The van der Waals surface area contributed by atoms with Crippen molar-refractivity contribution < 1.29 is 14.7 Å². The SMILES string of the molecule is NC(=O)N/N=C/c1cn(-c2ccc(C(=O)O)cc2)nc1-c1ccccc1. The van der Waals surface area contributed by atoms with Crippen molar-refractivity contribution in [2.45, 2.75) is 0 Å². The number of hydrazone groups is 1. The van der Waals surface area contributed by atoms with Crippen LogP contribution in [0.15, 0.2) is 65.9 Å². The monoisotopic (exact) mass is 349 g/mol. The van der Waals surface area contributed by atoms with Crippen LogP contribution in [0.25, 0.3) is 16.9 Å². The highest BCUT2D eigenvalue weighted by Crippen LogP contribution is 2.22. The zero-order valence-corrected chi connectivity index (χ0v) is 13.5. The highest BCUT2D eigenvalue weighted by atomic mass is 16.4.